The fourth-order valence-electron chi connectivity index (χ4n) is 3.75. The number of methoxy groups -OCH3 is 1. The van der Waals surface area contributed by atoms with E-state index in [2.05, 4.69) is 11.4 Å². The second kappa shape index (κ2) is 11.1. The Balaban J connectivity index is 1.71. The SMILES string of the molecule is COc1ccc(-c2cc(-c3ccccc3)c(C#N)c(S[C@@H](C)C(=O)Nc3ccc(C)c(C)c3)n2)cc1. The van der Waals surface area contributed by atoms with E-state index in [0.29, 0.717) is 10.6 Å². The van der Waals surface area contributed by atoms with Crippen molar-refractivity contribution < 1.29 is 9.53 Å². The van der Waals surface area contributed by atoms with Crippen LogP contribution in [0.2, 0.25) is 0 Å². The van der Waals surface area contributed by atoms with Crippen molar-refractivity contribution in [2.24, 2.45) is 0 Å². The predicted octanol–water partition coefficient (Wildman–Crippen LogP) is 7.03. The van der Waals surface area contributed by atoms with Crippen molar-refractivity contribution in [3.05, 3.63) is 95.6 Å². The van der Waals surface area contributed by atoms with Crippen LogP contribution in [0, 0.1) is 25.2 Å². The van der Waals surface area contributed by atoms with Gasteiger partial charge in [0.25, 0.3) is 0 Å². The number of aryl methyl sites for hydroxylation is 2. The van der Waals surface area contributed by atoms with E-state index >= 15 is 0 Å². The molecule has 0 unspecified atom stereocenters. The van der Waals surface area contributed by atoms with Gasteiger partial charge in [0, 0.05) is 16.8 Å². The first kappa shape index (κ1) is 25.0. The molecule has 5 nitrogen and oxygen atoms in total. The summed E-state index contributed by atoms with van der Waals surface area (Å²) in [5.41, 5.74) is 6.80. The second-order valence-corrected chi connectivity index (χ2v) is 9.82. The third-order valence-electron chi connectivity index (χ3n) is 6.00. The minimum Gasteiger partial charge on any atom is -0.497 e. The molecular formula is C30H27N3O2S. The Hall–Kier alpha value is -4.08. The first-order valence-electron chi connectivity index (χ1n) is 11.6. The molecule has 0 aliphatic rings. The van der Waals surface area contributed by atoms with Crippen molar-refractivity contribution in [1.29, 1.82) is 5.26 Å². The summed E-state index contributed by atoms with van der Waals surface area (Å²) in [4.78, 5) is 17.9. The van der Waals surface area contributed by atoms with Crippen LogP contribution in [0.4, 0.5) is 5.69 Å². The Kier molecular flexibility index (Phi) is 7.72. The number of nitriles is 1. The van der Waals surface area contributed by atoms with Crippen LogP contribution in [0.15, 0.2) is 83.9 Å². The molecule has 0 saturated carbocycles. The number of carbonyl (C=O) groups excluding carboxylic acids is 1. The summed E-state index contributed by atoms with van der Waals surface area (Å²) in [6.45, 7) is 5.88. The molecule has 1 aromatic heterocycles. The molecule has 6 heteroatoms. The summed E-state index contributed by atoms with van der Waals surface area (Å²) in [5.74, 6) is 0.604. The summed E-state index contributed by atoms with van der Waals surface area (Å²) < 4.78 is 5.29. The van der Waals surface area contributed by atoms with Gasteiger partial charge in [0.1, 0.15) is 16.8 Å². The molecule has 1 N–H and O–H groups in total. The Bertz CT molecular complexity index is 1430. The van der Waals surface area contributed by atoms with E-state index in [4.69, 9.17) is 9.72 Å². The number of thioether (sulfide) groups is 1. The summed E-state index contributed by atoms with van der Waals surface area (Å²) >= 11 is 1.28. The Morgan fingerprint density at radius 3 is 2.33 bits per heavy atom. The quantitative estimate of drug-likeness (QED) is 0.280. The largest absolute Gasteiger partial charge is 0.497 e. The molecule has 4 aromatic rings. The smallest absolute Gasteiger partial charge is 0.237 e. The van der Waals surface area contributed by atoms with Crippen LogP contribution >= 0.6 is 11.8 Å². The average molecular weight is 494 g/mol. The third-order valence-corrected chi connectivity index (χ3v) is 7.09. The van der Waals surface area contributed by atoms with Crippen molar-refractivity contribution in [3.63, 3.8) is 0 Å². The molecule has 1 atom stereocenters. The van der Waals surface area contributed by atoms with Gasteiger partial charge in [0.2, 0.25) is 5.91 Å². The minimum absolute atomic E-state index is 0.148. The number of rotatable bonds is 7. The molecule has 0 saturated heterocycles. The van der Waals surface area contributed by atoms with Crippen LogP contribution in [-0.4, -0.2) is 23.3 Å². The van der Waals surface area contributed by atoms with Crippen LogP contribution in [0.3, 0.4) is 0 Å². The minimum atomic E-state index is -0.471. The first-order chi connectivity index (χ1) is 17.4. The molecule has 1 heterocycles. The lowest BCUT2D eigenvalue weighted by Gasteiger charge is -2.16. The highest BCUT2D eigenvalue weighted by Gasteiger charge is 2.21. The number of hydrogen-bond donors (Lipinski definition) is 1. The monoisotopic (exact) mass is 493 g/mol. The van der Waals surface area contributed by atoms with E-state index in [1.165, 1.54) is 17.3 Å². The number of nitrogens with zero attached hydrogens (tertiary/aromatic N) is 2. The number of hydrogen-bond acceptors (Lipinski definition) is 5. The maximum absolute atomic E-state index is 13.0. The highest BCUT2D eigenvalue weighted by molar-refractivity contribution is 8.00. The van der Waals surface area contributed by atoms with E-state index in [1.54, 1.807) is 7.11 Å². The molecule has 3 aromatic carbocycles. The van der Waals surface area contributed by atoms with Crippen molar-refractivity contribution in [1.82, 2.24) is 4.98 Å². The number of aromatic nitrogens is 1. The topological polar surface area (TPSA) is 75.0 Å². The molecule has 1 amide bonds. The molecule has 0 aliphatic heterocycles. The number of ether oxygens (including phenoxy) is 1. The number of benzene rings is 3. The lowest BCUT2D eigenvalue weighted by atomic mass is 9.99. The zero-order valence-electron chi connectivity index (χ0n) is 20.7. The lowest BCUT2D eigenvalue weighted by molar-refractivity contribution is -0.115. The summed E-state index contributed by atoms with van der Waals surface area (Å²) in [7, 11) is 1.63. The van der Waals surface area contributed by atoms with Gasteiger partial charge in [0.15, 0.2) is 0 Å². The number of anilines is 1. The standard InChI is InChI=1S/C30H27N3O2S/c1-19-10-13-24(16-20(19)2)32-29(34)21(3)36-30-27(18-31)26(22-8-6-5-7-9-22)17-28(33-30)23-11-14-25(35-4)15-12-23/h5-17,21H,1-4H3,(H,32,34)/t21-/m0/s1. The number of nitrogens with one attached hydrogen (secondary N) is 1. The fourth-order valence-corrected chi connectivity index (χ4v) is 4.68. The van der Waals surface area contributed by atoms with E-state index in [0.717, 1.165) is 39.4 Å². The van der Waals surface area contributed by atoms with E-state index in [-0.39, 0.29) is 5.91 Å². The lowest BCUT2D eigenvalue weighted by Crippen LogP contribution is -2.22. The Labute approximate surface area is 216 Å². The van der Waals surface area contributed by atoms with Crippen molar-refractivity contribution in [2.45, 2.75) is 31.0 Å². The summed E-state index contributed by atoms with van der Waals surface area (Å²) in [5, 5.41) is 13.2. The van der Waals surface area contributed by atoms with E-state index < -0.39 is 5.25 Å². The van der Waals surface area contributed by atoms with Crippen molar-refractivity contribution in [3.8, 4) is 34.2 Å². The molecule has 4 rings (SSSR count). The normalized spacial score (nSPS) is 11.4. The summed E-state index contributed by atoms with van der Waals surface area (Å²) in [6, 6.07) is 27.5. The second-order valence-electron chi connectivity index (χ2n) is 8.49. The molecular weight excluding hydrogens is 466 g/mol. The van der Waals surface area contributed by atoms with Crippen LogP contribution in [0.25, 0.3) is 22.4 Å². The number of carbonyl (C=O) groups is 1. The average Bonchev–Trinajstić information content (AvgIpc) is 2.90. The fraction of sp³-hybridized carbons (Fsp3) is 0.167. The highest BCUT2D eigenvalue weighted by Crippen LogP contribution is 2.36. The predicted molar refractivity (Wildman–Crippen MR) is 146 cm³/mol. The molecule has 0 radical (unpaired) electrons. The molecule has 0 aliphatic carbocycles. The highest BCUT2D eigenvalue weighted by atomic mass is 32.2. The van der Waals surface area contributed by atoms with Gasteiger partial charge >= 0.3 is 0 Å². The maximum Gasteiger partial charge on any atom is 0.237 e. The van der Waals surface area contributed by atoms with Gasteiger partial charge < -0.3 is 10.1 Å². The maximum atomic E-state index is 13.0. The molecule has 180 valence electrons. The van der Waals surface area contributed by atoms with Gasteiger partial charge in [-0.1, -0.05) is 48.2 Å². The van der Waals surface area contributed by atoms with Gasteiger partial charge in [0.05, 0.1) is 23.6 Å². The van der Waals surface area contributed by atoms with Crippen LogP contribution < -0.4 is 10.1 Å². The van der Waals surface area contributed by atoms with Crippen LogP contribution in [0.1, 0.15) is 23.6 Å². The number of amides is 1. The zero-order chi connectivity index (χ0) is 25.7. The molecule has 0 spiro atoms. The molecule has 0 bridgehead atoms. The van der Waals surface area contributed by atoms with Gasteiger partial charge in [-0.15, -0.1) is 0 Å². The van der Waals surface area contributed by atoms with Crippen LogP contribution in [-0.2, 0) is 4.79 Å². The van der Waals surface area contributed by atoms with Crippen LogP contribution in [0.5, 0.6) is 5.75 Å². The molecule has 0 fully saturated rings. The number of pyridine rings is 1. The van der Waals surface area contributed by atoms with E-state index in [9.17, 15) is 10.1 Å². The van der Waals surface area contributed by atoms with Gasteiger partial charge in [-0.05, 0) is 79.9 Å². The Morgan fingerprint density at radius 2 is 1.69 bits per heavy atom. The van der Waals surface area contributed by atoms with Gasteiger partial charge in [-0.3, -0.25) is 4.79 Å². The van der Waals surface area contributed by atoms with E-state index in [1.807, 2.05) is 99.6 Å². The zero-order valence-corrected chi connectivity index (χ0v) is 21.5. The first-order valence-corrected chi connectivity index (χ1v) is 12.5. The molecule has 36 heavy (non-hydrogen) atoms. The van der Waals surface area contributed by atoms with Gasteiger partial charge in [-0.25, -0.2) is 4.98 Å². The Morgan fingerprint density at radius 1 is 0.972 bits per heavy atom. The van der Waals surface area contributed by atoms with Crippen molar-refractivity contribution in [2.75, 3.05) is 12.4 Å². The summed E-state index contributed by atoms with van der Waals surface area (Å²) in [6.07, 6.45) is 0. The van der Waals surface area contributed by atoms with Gasteiger partial charge in [-0.2, -0.15) is 5.26 Å². The van der Waals surface area contributed by atoms with Crippen molar-refractivity contribution >= 4 is 23.4 Å². The third kappa shape index (κ3) is 5.59.